The standard InChI is InChI=1S/C20H20N2O4/c1-11-5-6-15(9-12(11)2)17(24)7-8-18(25)22-20-16(10-21)19(13(3)23)14(4)26-20/h5-6,9H,7-8H2,1-4H3,(H,22,25). The van der Waals surface area contributed by atoms with E-state index in [9.17, 15) is 19.6 Å². The van der Waals surface area contributed by atoms with E-state index in [1.54, 1.807) is 19.1 Å². The van der Waals surface area contributed by atoms with Gasteiger partial charge in [-0.1, -0.05) is 12.1 Å². The summed E-state index contributed by atoms with van der Waals surface area (Å²) in [4.78, 5) is 35.9. The second-order valence-corrected chi connectivity index (χ2v) is 6.18. The number of Topliss-reactive ketones (excluding diaryl/α,β-unsaturated/α-hetero) is 2. The summed E-state index contributed by atoms with van der Waals surface area (Å²) in [5.74, 6) is -0.686. The Morgan fingerprint density at radius 1 is 1.12 bits per heavy atom. The van der Waals surface area contributed by atoms with Crippen LogP contribution < -0.4 is 5.32 Å². The van der Waals surface area contributed by atoms with Gasteiger partial charge in [0.05, 0.1) is 5.56 Å². The van der Waals surface area contributed by atoms with Crippen molar-refractivity contribution in [2.24, 2.45) is 0 Å². The number of furan rings is 1. The molecule has 1 amide bonds. The molecule has 0 aliphatic carbocycles. The van der Waals surface area contributed by atoms with Crippen LogP contribution in [0, 0.1) is 32.1 Å². The summed E-state index contributed by atoms with van der Waals surface area (Å²) in [7, 11) is 0. The van der Waals surface area contributed by atoms with Gasteiger partial charge in [-0.15, -0.1) is 0 Å². The van der Waals surface area contributed by atoms with Crippen molar-refractivity contribution in [3.8, 4) is 6.07 Å². The van der Waals surface area contributed by atoms with E-state index in [2.05, 4.69) is 5.32 Å². The van der Waals surface area contributed by atoms with Gasteiger partial charge in [0.1, 0.15) is 17.4 Å². The zero-order valence-corrected chi connectivity index (χ0v) is 15.2. The zero-order valence-electron chi connectivity index (χ0n) is 15.2. The van der Waals surface area contributed by atoms with Crippen LogP contribution in [0.1, 0.15) is 62.9 Å². The maximum atomic E-state index is 12.2. The monoisotopic (exact) mass is 352 g/mol. The first-order valence-electron chi connectivity index (χ1n) is 8.19. The Morgan fingerprint density at radius 3 is 2.38 bits per heavy atom. The molecule has 6 heteroatoms. The average molecular weight is 352 g/mol. The largest absolute Gasteiger partial charge is 0.443 e. The van der Waals surface area contributed by atoms with Crippen LogP contribution in [0.2, 0.25) is 0 Å². The third kappa shape index (κ3) is 4.06. The van der Waals surface area contributed by atoms with E-state index in [0.29, 0.717) is 5.56 Å². The molecule has 0 fully saturated rings. The minimum atomic E-state index is -0.456. The number of hydrogen-bond donors (Lipinski definition) is 1. The quantitative estimate of drug-likeness (QED) is 0.795. The summed E-state index contributed by atoms with van der Waals surface area (Å²) >= 11 is 0. The highest BCUT2D eigenvalue weighted by Crippen LogP contribution is 2.27. The fraction of sp³-hybridized carbons (Fsp3) is 0.300. The molecule has 0 bridgehead atoms. The minimum absolute atomic E-state index is 0.00355. The molecule has 0 atom stereocenters. The normalized spacial score (nSPS) is 10.3. The lowest BCUT2D eigenvalue weighted by Crippen LogP contribution is -2.14. The van der Waals surface area contributed by atoms with Crippen LogP contribution in [0.4, 0.5) is 5.88 Å². The topological polar surface area (TPSA) is 100 Å². The number of nitrogens with one attached hydrogen (secondary N) is 1. The van der Waals surface area contributed by atoms with Gasteiger partial charge in [0.25, 0.3) is 0 Å². The van der Waals surface area contributed by atoms with E-state index in [-0.39, 0.29) is 47.2 Å². The molecule has 2 aromatic rings. The number of nitriles is 1. The Balaban J connectivity index is 2.04. The van der Waals surface area contributed by atoms with Crippen molar-refractivity contribution in [1.29, 1.82) is 5.26 Å². The van der Waals surface area contributed by atoms with Gasteiger partial charge in [0, 0.05) is 18.4 Å². The summed E-state index contributed by atoms with van der Waals surface area (Å²) in [5.41, 5.74) is 2.84. The number of carbonyl (C=O) groups is 3. The van der Waals surface area contributed by atoms with E-state index in [0.717, 1.165) is 11.1 Å². The summed E-state index contributed by atoms with van der Waals surface area (Å²) < 4.78 is 5.33. The number of amides is 1. The number of hydrogen-bond acceptors (Lipinski definition) is 5. The summed E-state index contributed by atoms with van der Waals surface area (Å²) in [6, 6.07) is 7.29. The molecule has 0 saturated carbocycles. The average Bonchev–Trinajstić information content (AvgIpc) is 2.90. The second kappa shape index (κ2) is 7.79. The van der Waals surface area contributed by atoms with E-state index < -0.39 is 5.91 Å². The van der Waals surface area contributed by atoms with Gasteiger partial charge in [-0.05, 0) is 44.9 Å². The maximum absolute atomic E-state index is 12.2. The van der Waals surface area contributed by atoms with Crippen LogP contribution in [0.25, 0.3) is 0 Å². The van der Waals surface area contributed by atoms with Gasteiger partial charge in [-0.25, -0.2) is 0 Å². The Morgan fingerprint density at radius 2 is 1.81 bits per heavy atom. The number of benzene rings is 1. The first-order valence-corrected chi connectivity index (χ1v) is 8.19. The molecule has 0 aliphatic rings. The van der Waals surface area contributed by atoms with Crippen molar-refractivity contribution in [3.63, 3.8) is 0 Å². The molecule has 0 saturated heterocycles. The first-order chi connectivity index (χ1) is 12.2. The van der Waals surface area contributed by atoms with Crippen LogP contribution in [-0.2, 0) is 4.79 Å². The van der Waals surface area contributed by atoms with Crippen molar-refractivity contribution in [1.82, 2.24) is 0 Å². The molecule has 134 valence electrons. The molecular weight excluding hydrogens is 332 g/mol. The Labute approximate surface area is 151 Å². The van der Waals surface area contributed by atoms with E-state index >= 15 is 0 Å². The molecule has 1 aromatic heterocycles. The number of nitrogens with zero attached hydrogens (tertiary/aromatic N) is 1. The maximum Gasteiger partial charge on any atom is 0.227 e. The molecule has 26 heavy (non-hydrogen) atoms. The van der Waals surface area contributed by atoms with Crippen LogP contribution in [-0.4, -0.2) is 17.5 Å². The molecule has 6 nitrogen and oxygen atoms in total. The highest BCUT2D eigenvalue weighted by molar-refractivity contribution is 6.02. The molecule has 1 heterocycles. The molecule has 2 rings (SSSR count). The Kier molecular flexibility index (Phi) is 5.73. The minimum Gasteiger partial charge on any atom is -0.443 e. The van der Waals surface area contributed by atoms with Crippen molar-refractivity contribution < 1.29 is 18.8 Å². The van der Waals surface area contributed by atoms with Crippen LogP contribution in [0.15, 0.2) is 22.6 Å². The van der Waals surface area contributed by atoms with Crippen molar-refractivity contribution in [2.75, 3.05) is 5.32 Å². The van der Waals surface area contributed by atoms with Gasteiger partial charge in [0.2, 0.25) is 11.8 Å². The summed E-state index contributed by atoms with van der Waals surface area (Å²) in [6.45, 7) is 6.77. The van der Waals surface area contributed by atoms with Crippen molar-refractivity contribution in [2.45, 2.75) is 40.5 Å². The molecule has 0 spiro atoms. The fourth-order valence-electron chi connectivity index (χ4n) is 2.64. The van der Waals surface area contributed by atoms with Crippen LogP contribution in [0.5, 0.6) is 0 Å². The Bertz CT molecular complexity index is 932. The van der Waals surface area contributed by atoms with E-state index in [4.69, 9.17) is 4.42 Å². The van der Waals surface area contributed by atoms with Crippen molar-refractivity contribution >= 4 is 23.4 Å². The Hall–Kier alpha value is -3.20. The molecule has 0 aliphatic heterocycles. The second-order valence-electron chi connectivity index (χ2n) is 6.18. The predicted molar refractivity (Wildman–Crippen MR) is 96.3 cm³/mol. The smallest absolute Gasteiger partial charge is 0.227 e. The lowest BCUT2D eigenvalue weighted by atomic mass is 10.0. The highest BCUT2D eigenvalue weighted by Gasteiger charge is 2.22. The molecule has 0 radical (unpaired) electrons. The third-order valence-corrected chi connectivity index (χ3v) is 4.21. The first kappa shape index (κ1) is 19.1. The predicted octanol–water partition coefficient (Wildman–Crippen LogP) is 3.88. The number of aryl methyl sites for hydroxylation is 3. The van der Waals surface area contributed by atoms with Crippen LogP contribution >= 0.6 is 0 Å². The van der Waals surface area contributed by atoms with Gasteiger partial charge in [-0.3, -0.25) is 19.7 Å². The van der Waals surface area contributed by atoms with E-state index in [1.165, 1.54) is 6.92 Å². The number of anilines is 1. The molecular formula is C20H20N2O4. The number of carbonyl (C=O) groups excluding carboxylic acids is 3. The van der Waals surface area contributed by atoms with Crippen molar-refractivity contribution in [3.05, 3.63) is 51.8 Å². The number of rotatable bonds is 6. The molecule has 0 unspecified atom stereocenters. The molecule has 1 aromatic carbocycles. The lowest BCUT2D eigenvalue weighted by molar-refractivity contribution is -0.116. The van der Waals surface area contributed by atoms with Gasteiger partial charge >= 0.3 is 0 Å². The number of ketones is 2. The fourth-order valence-corrected chi connectivity index (χ4v) is 2.64. The van der Waals surface area contributed by atoms with Gasteiger partial charge in [-0.2, -0.15) is 5.26 Å². The van der Waals surface area contributed by atoms with Gasteiger partial charge < -0.3 is 4.42 Å². The van der Waals surface area contributed by atoms with Gasteiger partial charge in [0.15, 0.2) is 11.6 Å². The zero-order chi connectivity index (χ0) is 19.4. The highest BCUT2D eigenvalue weighted by atomic mass is 16.4. The summed E-state index contributed by atoms with van der Waals surface area (Å²) in [5, 5.41) is 11.7. The van der Waals surface area contributed by atoms with E-state index in [1.807, 2.05) is 26.0 Å². The van der Waals surface area contributed by atoms with Crippen LogP contribution in [0.3, 0.4) is 0 Å². The third-order valence-electron chi connectivity index (χ3n) is 4.21. The SMILES string of the molecule is CC(=O)c1c(C)oc(NC(=O)CCC(=O)c2ccc(C)c(C)c2)c1C#N. The summed E-state index contributed by atoms with van der Waals surface area (Å²) in [6.07, 6.45) is -0.0126. The lowest BCUT2D eigenvalue weighted by Gasteiger charge is -2.05. The molecule has 1 N–H and O–H groups in total.